The second-order valence-corrected chi connectivity index (χ2v) is 5.22. The van der Waals surface area contributed by atoms with E-state index in [1.807, 2.05) is 48.7 Å². The van der Waals surface area contributed by atoms with Gasteiger partial charge in [0, 0.05) is 29.6 Å². The highest BCUT2D eigenvalue weighted by Gasteiger charge is 2.20. The molecule has 0 aromatic carbocycles. The molecule has 0 bridgehead atoms. The maximum atomic E-state index is 4.56. The number of hydrazine groups is 1. The summed E-state index contributed by atoms with van der Waals surface area (Å²) in [4.78, 5) is 7.84. The summed E-state index contributed by atoms with van der Waals surface area (Å²) in [7, 11) is 0. The molecule has 2 aromatic rings. The van der Waals surface area contributed by atoms with Gasteiger partial charge in [0.25, 0.3) is 0 Å². The summed E-state index contributed by atoms with van der Waals surface area (Å²) in [5.74, 6) is 0. The molecule has 3 rings (SSSR count). The van der Waals surface area contributed by atoms with Crippen LogP contribution in [0.4, 0.5) is 0 Å². The molecule has 22 heavy (non-hydrogen) atoms. The van der Waals surface area contributed by atoms with Crippen molar-refractivity contribution in [1.82, 2.24) is 20.4 Å². The van der Waals surface area contributed by atoms with Crippen molar-refractivity contribution in [2.45, 2.75) is 19.9 Å². The summed E-state index contributed by atoms with van der Waals surface area (Å²) in [5, 5.41) is 3.22. The molecular weight excluding hydrogens is 272 g/mol. The van der Waals surface area contributed by atoms with Gasteiger partial charge in [-0.25, -0.2) is 0 Å². The van der Waals surface area contributed by atoms with Crippen LogP contribution in [0.5, 0.6) is 0 Å². The van der Waals surface area contributed by atoms with E-state index in [0.29, 0.717) is 0 Å². The highest BCUT2D eigenvalue weighted by atomic mass is 15.5. The molecule has 0 saturated heterocycles. The predicted octanol–water partition coefficient (Wildman–Crippen LogP) is 3.97. The molecule has 0 fully saturated rings. The largest absolute Gasteiger partial charge is 0.360 e. The molecular formula is C18H20N4. The second kappa shape index (κ2) is 5.93. The number of hydrogen-bond acceptors (Lipinski definition) is 3. The molecule has 0 saturated carbocycles. The third-order valence-corrected chi connectivity index (χ3v) is 3.84. The Hall–Kier alpha value is -2.75. The number of nitrogens with one attached hydrogen (secondary N) is 2. The van der Waals surface area contributed by atoms with E-state index >= 15 is 0 Å². The minimum atomic E-state index is 0.0840. The van der Waals surface area contributed by atoms with Gasteiger partial charge in [0.2, 0.25) is 0 Å². The van der Waals surface area contributed by atoms with Gasteiger partial charge >= 0.3 is 0 Å². The van der Waals surface area contributed by atoms with Gasteiger partial charge in [-0.2, -0.15) is 0 Å². The van der Waals surface area contributed by atoms with Crippen molar-refractivity contribution in [3.63, 3.8) is 0 Å². The number of H-pyrrole nitrogens is 1. The highest BCUT2D eigenvalue weighted by Crippen LogP contribution is 2.26. The second-order valence-electron chi connectivity index (χ2n) is 5.22. The highest BCUT2D eigenvalue weighted by molar-refractivity contribution is 5.81. The summed E-state index contributed by atoms with van der Waals surface area (Å²) in [6, 6.07) is 4.16. The lowest BCUT2D eigenvalue weighted by molar-refractivity contribution is 0.231. The summed E-state index contributed by atoms with van der Waals surface area (Å²) >= 11 is 0. The van der Waals surface area contributed by atoms with Gasteiger partial charge in [0.05, 0.1) is 22.9 Å². The van der Waals surface area contributed by atoms with Crippen molar-refractivity contribution in [2.75, 3.05) is 0 Å². The SMILES string of the molecule is C=CC1=C(/C=C\C)C=CN(C(C)c2nccc3cc[nH]c23)N1. The molecule has 1 atom stereocenters. The van der Waals surface area contributed by atoms with Crippen LogP contribution in [0.3, 0.4) is 0 Å². The summed E-state index contributed by atoms with van der Waals surface area (Å²) < 4.78 is 0. The monoisotopic (exact) mass is 292 g/mol. The van der Waals surface area contributed by atoms with Gasteiger partial charge in [0.15, 0.2) is 0 Å². The lowest BCUT2D eigenvalue weighted by atomic mass is 10.1. The van der Waals surface area contributed by atoms with Crippen molar-refractivity contribution in [2.24, 2.45) is 0 Å². The van der Waals surface area contributed by atoms with E-state index < -0.39 is 0 Å². The van der Waals surface area contributed by atoms with Crippen molar-refractivity contribution in [3.05, 3.63) is 78.6 Å². The van der Waals surface area contributed by atoms with Gasteiger partial charge in [-0.15, -0.1) is 0 Å². The first-order valence-corrected chi connectivity index (χ1v) is 7.39. The Labute approximate surface area is 130 Å². The van der Waals surface area contributed by atoms with E-state index in [4.69, 9.17) is 0 Å². The van der Waals surface area contributed by atoms with Crippen molar-refractivity contribution in [1.29, 1.82) is 0 Å². The lowest BCUT2D eigenvalue weighted by Gasteiger charge is -2.32. The van der Waals surface area contributed by atoms with Crippen LogP contribution in [0.1, 0.15) is 25.6 Å². The molecule has 112 valence electrons. The summed E-state index contributed by atoms with van der Waals surface area (Å²) in [6.07, 6.45) is 13.8. The van der Waals surface area contributed by atoms with Crippen LogP contribution in [0, 0.1) is 0 Å². The number of hydrogen-bond donors (Lipinski definition) is 2. The molecule has 4 heteroatoms. The van der Waals surface area contributed by atoms with Crippen molar-refractivity contribution < 1.29 is 0 Å². The third-order valence-electron chi connectivity index (χ3n) is 3.84. The Kier molecular flexibility index (Phi) is 3.83. The fourth-order valence-electron chi connectivity index (χ4n) is 2.66. The zero-order chi connectivity index (χ0) is 15.5. The van der Waals surface area contributed by atoms with Gasteiger partial charge in [-0.3, -0.25) is 15.4 Å². The average Bonchev–Trinajstić information content (AvgIpc) is 3.03. The van der Waals surface area contributed by atoms with E-state index in [2.05, 4.69) is 47.1 Å². The Morgan fingerprint density at radius 1 is 1.36 bits per heavy atom. The molecule has 0 radical (unpaired) electrons. The van der Waals surface area contributed by atoms with Crippen molar-refractivity contribution >= 4 is 10.9 Å². The van der Waals surface area contributed by atoms with Crippen LogP contribution in [-0.2, 0) is 0 Å². The Bertz CT molecular complexity index is 779. The number of pyridine rings is 1. The van der Waals surface area contributed by atoms with Gasteiger partial charge in [-0.05, 0) is 38.1 Å². The summed E-state index contributed by atoms with van der Waals surface area (Å²) in [6.45, 7) is 8.02. The van der Waals surface area contributed by atoms with Crippen LogP contribution >= 0.6 is 0 Å². The quantitative estimate of drug-likeness (QED) is 0.896. The van der Waals surface area contributed by atoms with E-state index in [-0.39, 0.29) is 6.04 Å². The first kappa shape index (κ1) is 14.2. The first-order valence-electron chi connectivity index (χ1n) is 7.39. The van der Waals surface area contributed by atoms with Crippen LogP contribution in [0.25, 0.3) is 10.9 Å². The third kappa shape index (κ3) is 2.44. The predicted molar refractivity (Wildman–Crippen MR) is 90.7 cm³/mol. The maximum absolute atomic E-state index is 4.56. The standard InChI is InChI=1S/C18H20N4/c1-4-6-14-9-12-22(21-16(14)5-2)13(3)17-18-15(7-10-19-17)8-11-20-18/h4-13,20-21H,2H2,1,3H3/b6-4-. The maximum Gasteiger partial charge on any atom is 0.0910 e. The van der Waals surface area contributed by atoms with Gasteiger partial charge in [-0.1, -0.05) is 18.7 Å². The molecule has 0 amide bonds. The Morgan fingerprint density at radius 3 is 3.00 bits per heavy atom. The Balaban J connectivity index is 1.91. The van der Waals surface area contributed by atoms with Gasteiger partial charge in [0.1, 0.15) is 0 Å². The lowest BCUT2D eigenvalue weighted by Crippen LogP contribution is -2.37. The molecule has 2 aromatic heterocycles. The molecule has 1 unspecified atom stereocenters. The topological polar surface area (TPSA) is 44.0 Å². The smallest absolute Gasteiger partial charge is 0.0910 e. The van der Waals surface area contributed by atoms with Crippen molar-refractivity contribution in [3.8, 4) is 0 Å². The first-order chi connectivity index (χ1) is 10.7. The number of aromatic nitrogens is 2. The number of nitrogens with zero attached hydrogens (tertiary/aromatic N) is 2. The van der Waals surface area contributed by atoms with Crippen LogP contribution in [-0.4, -0.2) is 15.0 Å². The van der Waals surface area contributed by atoms with Crippen LogP contribution < -0.4 is 5.43 Å². The number of allylic oxidation sites excluding steroid dienone is 5. The number of rotatable bonds is 4. The van der Waals surface area contributed by atoms with Crippen LogP contribution in [0.2, 0.25) is 0 Å². The zero-order valence-corrected chi connectivity index (χ0v) is 12.9. The molecule has 1 aliphatic heterocycles. The molecule has 4 nitrogen and oxygen atoms in total. The fraction of sp³-hybridized carbons (Fsp3) is 0.167. The molecule has 0 aliphatic carbocycles. The molecule has 3 heterocycles. The molecule has 1 aliphatic rings. The van der Waals surface area contributed by atoms with E-state index in [0.717, 1.165) is 22.5 Å². The minimum absolute atomic E-state index is 0.0840. The average molecular weight is 292 g/mol. The normalized spacial score (nSPS) is 16.4. The minimum Gasteiger partial charge on any atom is -0.360 e. The van der Waals surface area contributed by atoms with E-state index in [9.17, 15) is 0 Å². The van der Waals surface area contributed by atoms with E-state index in [1.54, 1.807) is 0 Å². The molecule has 2 N–H and O–H groups in total. The fourth-order valence-corrected chi connectivity index (χ4v) is 2.66. The molecule has 0 spiro atoms. The summed E-state index contributed by atoms with van der Waals surface area (Å²) in [5.41, 5.74) is 7.59. The van der Waals surface area contributed by atoms with Gasteiger partial charge < -0.3 is 4.98 Å². The van der Waals surface area contributed by atoms with E-state index in [1.165, 1.54) is 5.39 Å². The Morgan fingerprint density at radius 2 is 2.23 bits per heavy atom. The number of fused-ring (bicyclic) bond motifs is 1. The van der Waals surface area contributed by atoms with Crippen LogP contribution in [0.15, 0.2) is 72.9 Å². The number of aromatic amines is 1. The zero-order valence-electron chi connectivity index (χ0n) is 12.9.